The Morgan fingerprint density at radius 2 is 2.19 bits per heavy atom. The Morgan fingerprint density at radius 1 is 1.38 bits per heavy atom. The van der Waals surface area contributed by atoms with Crippen LogP contribution in [0.5, 0.6) is 0 Å². The van der Waals surface area contributed by atoms with Gasteiger partial charge < -0.3 is 10.8 Å². The van der Waals surface area contributed by atoms with Crippen LogP contribution in [-0.4, -0.2) is 16.6 Å². The van der Waals surface area contributed by atoms with Gasteiger partial charge in [-0.3, -0.25) is 4.98 Å². The average molecular weight is 216 g/mol. The number of nitrogens with zero attached hydrogens (tertiary/aromatic N) is 1. The number of rotatable bonds is 3. The molecule has 0 saturated carbocycles. The smallest absolute Gasteiger partial charge is 0.0886 e. The first-order chi connectivity index (χ1) is 7.65. The number of hydrogen-bond donors (Lipinski definition) is 2. The predicted molar refractivity (Wildman–Crippen MR) is 65.0 cm³/mol. The molecule has 3 heteroatoms. The highest BCUT2D eigenvalue weighted by Crippen LogP contribution is 2.30. The summed E-state index contributed by atoms with van der Waals surface area (Å²) in [5, 5.41) is 12.5. The number of aliphatic hydroxyl groups is 1. The summed E-state index contributed by atoms with van der Waals surface area (Å²) >= 11 is 0. The highest BCUT2D eigenvalue weighted by Gasteiger charge is 2.23. The van der Waals surface area contributed by atoms with Crippen molar-refractivity contribution in [1.82, 2.24) is 4.98 Å². The van der Waals surface area contributed by atoms with Crippen molar-refractivity contribution in [1.29, 1.82) is 0 Å². The fraction of sp³-hybridized carbons (Fsp3) is 0.308. The van der Waals surface area contributed by atoms with E-state index < -0.39 is 5.60 Å². The molecule has 0 amide bonds. The van der Waals surface area contributed by atoms with Gasteiger partial charge >= 0.3 is 0 Å². The molecule has 1 heterocycles. The molecular formula is C13H16N2O. The van der Waals surface area contributed by atoms with Crippen molar-refractivity contribution in [2.45, 2.75) is 18.9 Å². The minimum Gasteiger partial charge on any atom is -0.385 e. The van der Waals surface area contributed by atoms with E-state index in [1.807, 2.05) is 24.3 Å². The SMILES string of the molecule is CC(O)(CCN)c1cccc2cnccc12. The molecule has 0 saturated heterocycles. The van der Waals surface area contributed by atoms with E-state index in [2.05, 4.69) is 4.98 Å². The lowest BCUT2D eigenvalue weighted by Gasteiger charge is -2.24. The molecule has 0 bridgehead atoms. The molecule has 84 valence electrons. The normalized spacial score (nSPS) is 14.9. The summed E-state index contributed by atoms with van der Waals surface area (Å²) < 4.78 is 0. The van der Waals surface area contributed by atoms with Crippen LogP contribution >= 0.6 is 0 Å². The number of benzene rings is 1. The van der Waals surface area contributed by atoms with Gasteiger partial charge in [0.15, 0.2) is 0 Å². The maximum absolute atomic E-state index is 10.4. The summed E-state index contributed by atoms with van der Waals surface area (Å²) in [6, 6.07) is 7.79. The Morgan fingerprint density at radius 3 is 2.94 bits per heavy atom. The van der Waals surface area contributed by atoms with Gasteiger partial charge in [-0.1, -0.05) is 18.2 Å². The molecule has 0 aliphatic heterocycles. The first kappa shape index (κ1) is 11.0. The Bertz CT molecular complexity index is 489. The van der Waals surface area contributed by atoms with E-state index in [-0.39, 0.29) is 0 Å². The summed E-state index contributed by atoms with van der Waals surface area (Å²) in [6.07, 6.45) is 4.09. The zero-order valence-corrected chi connectivity index (χ0v) is 9.35. The van der Waals surface area contributed by atoms with E-state index in [0.29, 0.717) is 13.0 Å². The molecule has 2 aromatic rings. The first-order valence-corrected chi connectivity index (χ1v) is 5.41. The quantitative estimate of drug-likeness (QED) is 0.822. The number of pyridine rings is 1. The largest absolute Gasteiger partial charge is 0.385 e. The van der Waals surface area contributed by atoms with Gasteiger partial charge in [0, 0.05) is 17.8 Å². The van der Waals surface area contributed by atoms with E-state index >= 15 is 0 Å². The van der Waals surface area contributed by atoms with Crippen LogP contribution in [0.25, 0.3) is 10.8 Å². The predicted octanol–water partition coefficient (Wildman–Crippen LogP) is 1.79. The third-order valence-corrected chi connectivity index (χ3v) is 2.89. The molecule has 0 fully saturated rings. The fourth-order valence-electron chi connectivity index (χ4n) is 2.01. The Balaban J connectivity index is 2.60. The molecule has 0 aliphatic rings. The van der Waals surface area contributed by atoms with Crippen LogP contribution in [0.15, 0.2) is 36.7 Å². The molecule has 3 nitrogen and oxygen atoms in total. The van der Waals surface area contributed by atoms with Crippen molar-refractivity contribution < 1.29 is 5.11 Å². The molecule has 0 aliphatic carbocycles. The van der Waals surface area contributed by atoms with Crippen molar-refractivity contribution in [2.24, 2.45) is 5.73 Å². The summed E-state index contributed by atoms with van der Waals surface area (Å²) in [5.41, 5.74) is 5.56. The van der Waals surface area contributed by atoms with E-state index in [4.69, 9.17) is 5.73 Å². The van der Waals surface area contributed by atoms with Gasteiger partial charge in [0.2, 0.25) is 0 Å². The highest BCUT2D eigenvalue weighted by atomic mass is 16.3. The van der Waals surface area contributed by atoms with Crippen LogP contribution in [-0.2, 0) is 5.60 Å². The Labute approximate surface area is 94.9 Å². The standard InChI is InChI=1S/C13H16N2O/c1-13(16,6-7-14)12-4-2-3-10-9-15-8-5-11(10)12/h2-5,8-9,16H,6-7,14H2,1H3. The maximum atomic E-state index is 10.4. The minimum absolute atomic E-state index is 0.467. The van der Waals surface area contributed by atoms with Gasteiger partial charge in [-0.2, -0.15) is 0 Å². The molecule has 0 spiro atoms. The van der Waals surface area contributed by atoms with Crippen molar-refractivity contribution in [3.8, 4) is 0 Å². The maximum Gasteiger partial charge on any atom is 0.0886 e. The summed E-state index contributed by atoms with van der Waals surface area (Å²) in [5.74, 6) is 0. The van der Waals surface area contributed by atoms with Gasteiger partial charge in [-0.25, -0.2) is 0 Å². The van der Waals surface area contributed by atoms with Gasteiger partial charge in [0.25, 0.3) is 0 Å². The minimum atomic E-state index is -0.879. The Kier molecular flexibility index (Phi) is 2.90. The lowest BCUT2D eigenvalue weighted by Crippen LogP contribution is -2.25. The third-order valence-electron chi connectivity index (χ3n) is 2.89. The fourth-order valence-corrected chi connectivity index (χ4v) is 2.01. The molecule has 1 atom stereocenters. The van der Waals surface area contributed by atoms with Gasteiger partial charge in [-0.05, 0) is 36.9 Å². The molecular weight excluding hydrogens is 200 g/mol. The zero-order valence-electron chi connectivity index (χ0n) is 9.35. The second kappa shape index (κ2) is 4.20. The Hall–Kier alpha value is -1.45. The molecule has 0 radical (unpaired) electrons. The summed E-state index contributed by atoms with van der Waals surface area (Å²) in [4.78, 5) is 4.08. The van der Waals surface area contributed by atoms with Crippen LogP contribution < -0.4 is 5.73 Å². The lowest BCUT2D eigenvalue weighted by molar-refractivity contribution is 0.0519. The molecule has 1 aromatic carbocycles. The van der Waals surface area contributed by atoms with Crippen molar-refractivity contribution in [3.63, 3.8) is 0 Å². The van der Waals surface area contributed by atoms with Crippen LogP contribution in [0.3, 0.4) is 0 Å². The number of fused-ring (bicyclic) bond motifs is 1. The molecule has 3 N–H and O–H groups in total. The molecule has 2 rings (SSSR count). The second-order valence-electron chi connectivity index (χ2n) is 4.21. The van der Waals surface area contributed by atoms with Crippen molar-refractivity contribution in [3.05, 3.63) is 42.2 Å². The van der Waals surface area contributed by atoms with E-state index in [1.54, 1.807) is 19.3 Å². The van der Waals surface area contributed by atoms with Gasteiger partial charge in [-0.15, -0.1) is 0 Å². The van der Waals surface area contributed by atoms with E-state index in [1.165, 1.54) is 0 Å². The highest BCUT2D eigenvalue weighted by molar-refractivity contribution is 5.85. The monoisotopic (exact) mass is 216 g/mol. The lowest BCUT2D eigenvalue weighted by atomic mass is 9.89. The molecule has 1 aromatic heterocycles. The average Bonchev–Trinajstić information content (AvgIpc) is 2.28. The van der Waals surface area contributed by atoms with E-state index in [0.717, 1.165) is 16.3 Å². The van der Waals surface area contributed by atoms with Crippen LogP contribution in [0, 0.1) is 0 Å². The van der Waals surface area contributed by atoms with Crippen LogP contribution in [0.4, 0.5) is 0 Å². The van der Waals surface area contributed by atoms with Crippen LogP contribution in [0.2, 0.25) is 0 Å². The van der Waals surface area contributed by atoms with Gasteiger partial charge in [0.05, 0.1) is 5.60 Å². The van der Waals surface area contributed by atoms with Crippen molar-refractivity contribution in [2.75, 3.05) is 6.54 Å². The van der Waals surface area contributed by atoms with E-state index in [9.17, 15) is 5.11 Å². The third kappa shape index (κ3) is 1.92. The zero-order chi connectivity index (χ0) is 11.6. The number of hydrogen-bond acceptors (Lipinski definition) is 3. The second-order valence-corrected chi connectivity index (χ2v) is 4.21. The first-order valence-electron chi connectivity index (χ1n) is 5.41. The topological polar surface area (TPSA) is 59.1 Å². The van der Waals surface area contributed by atoms with Crippen LogP contribution in [0.1, 0.15) is 18.9 Å². The summed E-state index contributed by atoms with van der Waals surface area (Å²) in [6.45, 7) is 2.27. The van der Waals surface area contributed by atoms with Crippen molar-refractivity contribution >= 4 is 10.8 Å². The number of aromatic nitrogens is 1. The molecule has 1 unspecified atom stereocenters. The summed E-state index contributed by atoms with van der Waals surface area (Å²) in [7, 11) is 0. The molecule has 16 heavy (non-hydrogen) atoms. The van der Waals surface area contributed by atoms with Gasteiger partial charge in [0.1, 0.15) is 0 Å². The number of nitrogens with two attached hydrogens (primary N) is 1.